The molecular weight excluding hydrogens is 551 g/mol. The first-order chi connectivity index (χ1) is 19.1. The normalized spacial score (nSPS) is 26.7. The Kier molecular flexibility index (Phi) is 6.16. The quantitative estimate of drug-likeness (QED) is 0.318. The number of rotatable bonds is 6. The van der Waals surface area contributed by atoms with Gasteiger partial charge in [0, 0.05) is 6.07 Å². The molecule has 3 aromatic rings. The van der Waals surface area contributed by atoms with Crippen molar-refractivity contribution < 1.29 is 23.9 Å². The molecule has 7 rings (SSSR count). The molecule has 0 spiro atoms. The molecule has 1 heterocycles. The lowest BCUT2D eigenvalue weighted by molar-refractivity contribution is -0.148. The molecule has 9 heteroatoms. The Balaban J connectivity index is 1.45. The van der Waals surface area contributed by atoms with E-state index in [1.807, 2.05) is 48.5 Å². The van der Waals surface area contributed by atoms with Crippen LogP contribution in [0.1, 0.15) is 36.1 Å². The molecule has 0 radical (unpaired) electrons. The van der Waals surface area contributed by atoms with Crippen LogP contribution in [0.15, 0.2) is 66.7 Å². The van der Waals surface area contributed by atoms with Crippen molar-refractivity contribution in [3.8, 4) is 11.5 Å². The Morgan fingerprint density at radius 2 is 1.30 bits per heavy atom. The van der Waals surface area contributed by atoms with E-state index in [0.717, 1.165) is 4.90 Å². The largest absolute Gasteiger partial charge is 0.497 e. The molecule has 1 saturated heterocycles. The number of nitrogens with zero attached hydrogens (tertiary/aromatic N) is 1. The van der Waals surface area contributed by atoms with Gasteiger partial charge in [0.05, 0.1) is 31.7 Å². The summed E-state index contributed by atoms with van der Waals surface area (Å²) in [7, 11) is 3.01. The number of carbonyl (C=O) groups excluding carboxylic acids is 3. The molecule has 3 amide bonds. The fourth-order valence-corrected chi connectivity index (χ4v) is 7.89. The van der Waals surface area contributed by atoms with E-state index >= 15 is 0 Å². The number of hydrogen-bond donors (Lipinski definition) is 1. The third-order valence-corrected chi connectivity index (χ3v) is 9.75. The van der Waals surface area contributed by atoms with E-state index in [2.05, 4.69) is 5.32 Å². The van der Waals surface area contributed by atoms with Crippen LogP contribution in [0.4, 0.5) is 5.69 Å². The molecule has 1 aliphatic heterocycles. The highest BCUT2D eigenvalue weighted by molar-refractivity contribution is 6.36. The molecule has 0 saturated carbocycles. The number of hydrogen-bond acceptors (Lipinski definition) is 5. The molecule has 4 aliphatic rings. The van der Waals surface area contributed by atoms with Crippen LogP contribution in [-0.2, 0) is 24.1 Å². The van der Waals surface area contributed by atoms with E-state index in [0.29, 0.717) is 39.4 Å². The van der Waals surface area contributed by atoms with Gasteiger partial charge in [-0.2, -0.15) is 0 Å². The number of ether oxygens (including phenoxy) is 2. The summed E-state index contributed by atoms with van der Waals surface area (Å²) < 4.78 is 10.7. The van der Waals surface area contributed by atoms with Crippen molar-refractivity contribution >= 4 is 46.6 Å². The van der Waals surface area contributed by atoms with Crippen LogP contribution < -0.4 is 14.8 Å². The van der Waals surface area contributed by atoms with Crippen LogP contribution in [0.3, 0.4) is 0 Å². The van der Waals surface area contributed by atoms with Gasteiger partial charge in [0.15, 0.2) is 0 Å². The van der Waals surface area contributed by atoms with Gasteiger partial charge in [-0.1, -0.05) is 62.4 Å². The minimum Gasteiger partial charge on any atom is -0.497 e. The van der Waals surface area contributed by atoms with Gasteiger partial charge in [-0.3, -0.25) is 19.3 Å². The van der Waals surface area contributed by atoms with E-state index in [9.17, 15) is 14.4 Å². The van der Waals surface area contributed by atoms with E-state index in [4.69, 9.17) is 32.7 Å². The lowest BCUT2D eigenvalue weighted by Crippen LogP contribution is -2.57. The van der Waals surface area contributed by atoms with Crippen molar-refractivity contribution in [3.63, 3.8) is 0 Å². The van der Waals surface area contributed by atoms with Gasteiger partial charge in [-0.15, -0.1) is 23.2 Å². The number of carbonyl (C=O) groups is 3. The van der Waals surface area contributed by atoms with Crippen LogP contribution in [-0.4, -0.2) is 42.9 Å². The number of amides is 3. The van der Waals surface area contributed by atoms with E-state index in [1.54, 1.807) is 32.0 Å². The molecule has 0 unspecified atom stereocenters. The molecule has 3 aromatic carbocycles. The van der Waals surface area contributed by atoms with E-state index < -0.39 is 51.3 Å². The van der Waals surface area contributed by atoms with Gasteiger partial charge in [-0.05, 0) is 40.3 Å². The molecule has 40 heavy (non-hydrogen) atoms. The van der Waals surface area contributed by atoms with Crippen LogP contribution >= 0.6 is 23.2 Å². The van der Waals surface area contributed by atoms with E-state index in [1.165, 1.54) is 14.2 Å². The maximum absolute atomic E-state index is 14.4. The standard InChI is InChI=1S/C31H28Cl2N2O5/c1-16(2)26(27(36)34-22-14-13-17(39-3)15-23(22)40-4)35-28(37)24-25(29(35)38)31(33)19-10-6-5-9-18(19)30(24,32)20-11-7-8-12-21(20)31/h5-16,24-26H,1-4H3,(H,34,36)/t24-,25-,26+,30?,31?/m1/s1. The maximum Gasteiger partial charge on any atom is 0.248 e. The minimum atomic E-state index is -1.31. The number of likely N-dealkylation sites (tertiary alicyclic amines) is 1. The second-order valence-corrected chi connectivity index (χ2v) is 12.0. The number of methoxy groups -OCH3 is 2. The zero-order valence-corrected chi connectivity index (χ0v) is 23.9. The van der Waals surface area contributed by atoms with Crippen molar-refractivity contribution in [1.29, 1.82) is 0 Å². The Bertz CT molecular complexity index is 1450. The van der Waals surface area contributed by atoms with Gasteiger partial charge in [0.2, 0.25) is 17.7 Å². The molecule has 0 aromatic heterocycles. The van der Waals surface area contributed by atoms with Crippen LogP contribution in [0.5, 0.6) is 11.5 Å². The molecule has 3 aliphatic carbocycles. The summed E-state index contributed by atoms with van der Waals surface area (Å²) in [6, 6.07) is 18.8. The lowest BCUT2D eigenvalue weighted by atomic mass is 9.54. The molecule has 2 bridgehead atoms. The first kappa shape index (κ1) is 26.7. The summed E-state index contributed by atoms with van der Waals surface area (Å²) >= 11 is 15.0. The Hall–Kier alpha value is -3.55. The van der Waals surface area contributed by atoms with Gasteiger partial charge in [0.25, 0.3) is 0 Å². The maximum atomic E-state index is 14.4. The topological polar surface area (TPSA) is 84.9 Å². The van der Waals surface area contributed by atoms with Crippen molar-refractivity contribution in [2.75, 3.05) is 19.5 Å². The zero-order chi connectivity index (χ0) is 28.6. The lowest BCUT2D eigenvalue weighted by Gasteiger charge is -2.54. The highest BCUT2D eigenvalue weighted by Gasteiger charge is 2.73. The first-order valence-electron chi connectivity index (χ1n) is 13.1. The number of nitrogens with one attached hydrogen (secondary N) is 1. The van der Waals surface area contributed by atoms with Crippen LogP contribution in [0, 0.1) is 17.8 Å². The van der Waals surface area contributed by atoms with Gasteiger partial charge in [-0.25, -0.2) is 0 Å². The SMILES string of the molecule is COc1ccc(NC(=O)[C@H](C(C)C)N2C(=O)[C@H]3[C@H](C2=O)C2(Cl)c4ccccc4C3(Cl)c3ccccc32)c(OC)c1. The average Bonchev–Trinajstić information content (AvgIpc) is 3.22. The molecular formula is C31H28Cl2N2O5. The van der Waals surface area contributed by atoms with Crippen molar-refractivity contribution in [2.45, 2.75) is 29.6 Å². The van der Waals surface area contributed by atoms with Gasteiger partial charge in [0.1, 0.15) is 27.3 Å². The van der Waals surface area contributed by atoms with Gasteiger partial charge >= 0.3 is 0 Å². The number of halogens is 2. The number of benzene rings is 3. The van der Waals surface area contributed by atoms with E-state index in [-0.39, 0.29) is 0 Å². The second-order valence-electron chi connectivity index (χ2n) is 10.8. The third-order valence-electron chi connectivity index (χ3n) is 8.46. The Morgan fingerprint density at radius 1 is 0.825 bits per heavy atom. The zero-order valence-electron chi connectivity index (χ0n) is 22.4. The summed E-state index contributed by atoms with van der Waals surface area (Å²) in [4.78, 5) is 41.0. The third kappa shape index (κ3) is 3.34. The second kappa shape index (κ2) is 9.25. The summed E-state index contributed by atoms with van der Waals surface area (Å²) in [5, 5.41) is 2.85. The smallest absolute Gasteiger partial charge is 0.248 e. The van der Waals surface area contributed by atoms with Gasteiger partial charge < -0.3 is 14.8 Å². The predicted octanol–water partition coefficient (Wildman–Crippen LogP) is 5.26. The predicted molar refractivity (Wildman–Crippen MR) is 152 cm³/mol. The number of alkyl halides is 2. The molecule has 206 valence electrons. The summed E-state index contributed by atoms with van der Waals surface area (Å²) in [6.07, 6.45) is 0. The fraction of sp³-hybridized carbons (Fsp3) is 0.323. The molecule has 7 nitrogen and oxygen atoms in total. The highest BCUT2D eigenvalue weighted by Crippen LogP contribution is 2.69. The summed E-state index contributed by atoms with van der Waals surface area (Å²) in [5.74, 6) is -2.96. The first-order valence-corrected chi connectivity index (χ1v) is 13.8. The average molecular weight is 579 g/mol. The number of anilines is 1. The van der Waals surface area contributed by atoms with Crippen LogP contribution in [0.25, 0.3) is 0 Å². The fourth-order valence-electron chi connectivity index (χ4n) is 6.79. The van der Waals surface area contributed by atoms with Crippen molar-refractivity contribution in [1.82, 2.24) is 4.90 Å². The molecule has 3 atom stereocenters. The Labute approximate surface area is 242 Å². The monoisotopic (exact) mass is 578 g/mol. The van der Waals surface area contributed by atoms with Crippen LogP contribution in [0.2, 0.25) is 0 Å². The summed E-state index contributed by atoms with van der Waals surface area (Å²) in [5.41, 5.74) is 3.23. The summed E-state index contributed by atoms with van der Waals surface area (Å²) in [6.45, 7) is 3.59. The Morgan fingerprint density at radius 3 is 1.70 bits per heavy atom. The minimum absolute atomic E-state index is 0.381. The molecule has 1 fully saturated rings. The molecule has 1 N–H and O–H groups in total. The number of imide groups is 1. The highest BCUT2D eigenvalue weighted by atomic mass is 35.5. The van der Waals surface area contributed by atoms with Crippen molar-refractivity contribution in [2.24, 2.45) is 17.8 Å². The van der Waals surface area contributed by atoms with Crippen molar-refractivity contribution in [3.05, 3.63) is 89.0 Å².